The second-order valence-electron chi connectivity index (χ2n) is 6.74. The molecule has 17 heavy (non-hydrogen) atoms. The van der Waals surface area contributed by atoms with Gasteiger partial charge in [0.05, 0.1) is 15.7 Å². The van der Waals surface area contributed by atoms with Crippen molar-refractivity contribution < 1.29 is 4.21 Å². The van der Waals surface area contributed by atoms with Crippen LogP contribution in [0.5, 0.6) is 0 Å². The SMILES string of the molecule is CC(C)[C@@H](CC1CCCC1)N[S@](=O)C(C)(C)C. The van der Waals surface area contributed by atoms with Crippen LogP contribution in [-0.4, -0.2) is 15.0 Å². The highest BCUT2D eigenvalue weighted by Gasteiger charge is 2.27. The lowest BCUT2D eigenvalue weighted by Crippen LogP contribution is -2.43. The summed E-state index contributed by atoms with van der Waals surface area (Å²) in [4.78, 5) is 0. The summed E-state index contributed by atoms with van der Waals surface area (Å²) in [6, 6.07) is 0.401. The predicted octanol–water partition coefficient (Wildman–Crippen LogP) is 3.64. The zero-order valence-electron chi connectivity index (χ0n) is 12.1. The Morgan fingerprint density at radius 1 is 1.24 bits per heavy atom. The summed E-state index contributed by atoms with van der Waals surface area (Å²) in [5.74, 6) is 1.41. The van der Waals surface area contributed by atoms with Gasteiger partial charge >= 0.3 is 0 Å². The maximum absolute atomic E-state index is 12.2. The molecule has 0 aromatic heterocycles. The Hall–Kier alpha value is 0.110. The van der Waals surface area contributed by atoms with Crippen LogP contribution in [0.25, 0.3) is 0 Å². The molecule has 0 bridgehead atoms. The van der Waals surface area contributed by atoms with Gasteiger partial charge < -0.3 is 0 Å². The first kappa shape index (κ1) is 15.2. The van der Waals surface area contributed by atoms with E-state index in [-0.39, 0.29) is 4.75 Å². The number of hydrogen-bond donors (Lipinski definition) is 1. The molecule has 2 nitrogen and oxygen atoms in total. The Kier molecular flexibility index (Phi) is 5.65. The summed E-state index contributed by atoms with van der Waals surface area (Å²) < 4.78 is 15.3. The lowest BCUT2D eigenvalue weighted by molar-refractivity contribution is 0.356. The molecule has 1 aliphatic rings. The topological polar surface area (TPSA) is 29.1 Å². The van der Waals surface area contributed by atoms with Crippen LogP contribution in [-0.2, 0) is 11.0 Å². The molecule has 0 aromatic rings. The monoisotopic (exact) mass is 259 g/mol. The maximum atomic E-state index is 12.2. The van der Waals surface area contributed by atoms with Crippen molar-refractivity contribution in [3.63, 3.8) is 0 Å². The van der Waals surface area contributed by atoms with Crippen LogP contribution >= 0.6 is 0 Å². The van der Waals surface area contributed by atoms with Crippen molar-refractivity contribution in [1.29, 1.82) is 0 Å². The lowest BCUT2D eigenvalue weighted by atomic mass is 9.92. The van der Waals surface area contributed by atoms with E-state index in [4.69, 9.17) is 0 Å². The zero-order chi connectivity index (χ0) is 13.1. The fourth-order valence-corrected chi connectivity index (χ4v) is 3.37. The van der Waals surface area contributed by atoms with E-state index in [0.717, 1.165) is 5.92 Å². The van der Waals surface area contributed by atoms with Crippen LogP contribution in [0.2, 0.25) is 0 Å². The summed E-state index contributed by atoms with van der Waals surface area (Å²) in [6.45, 7) is 10.5. The van der Waals surface area contributed by atoms with Gasteiger partial charge in [0.25, 0.3) is 0 Å². The fraction of sp³-hybridized carbons (Fsp3) is 1.00. The molecule has 102 valence electrons. The van der Waals surface area contributed by atoms with Crippen LogP contribution in [0.1, 0.15) is 66.7 Å². The van der Waals surface area contributed by atoms with Gasteiger partial charge in [-0.1, -0.05) is 39.5 Å². The highest BCUT2D eigenvalue weighted by molar-refractivity contribution is 7.84. The van der Waals surface area contributed by atoms with Crippen LogP contribution < -0.4 is 4.72 Å². The van der Waals surface area contributed by atoms with E-state index in [1.54, 1.807) is 0 Å². The Labute approximate surface area is 110 Å². The van der Waals surface area contributed by atoms with Gasteiger partial charge in [0.1, 0.15) is 0 Å². The largest absolute Gasteiger partial charge is 0.242 e. The Morgan fingerprint density at radius 3 is 2.18 bits per heavy atom. The third kappa shape index (κ3) is 5.09. The summed E-state index contributed by atoms with van der Waals surface area (Å²) >= 11 is 0. The van der Waals surface area contributed by atoms with Crippen molar-refractivity contribution in [1.82, 2.24) is 4.72 Å². The van der Waals surface area contributed by atoms with Gasteiger partial charge in [0.2, 0.25) is 0 Å². The van der Waals surface area contributed by atoms with E-state index >= 15 is 0 Å². The van der Waals surface area contributed by atoms with Gasteiger partial charge in [0, 0.05) is 6.04 Å². The predicted molar refractivity (Wildman–Crippen MR) is 76.2 cm³/mol. The van der Waals surface area contributed by atoms with Gasteiger partial charge in [0.15, 0.2) is 0 Å². The molecule has 0 spiro atoms. The first-order valence-corrected chi connectivity index (χ1v) is 8.13. The van der Waals surface area contributed by atoms with Gasteiger partial charge in [-0.15, -0.1) is 0 Å². The van der Waals surface area contributed by atoms with Crippen LogP contribution in [0.4, 0.5) is 0 Å². The third-order valence-corrected chi connectivity index (χ3v) is 5.31. The highest BCUT2D eigenvalue weighted by Crippen LogP contribution is 2.30. The van der Waals surface area contributed by atoms with Gasteiger partial charge in [-0.2, -0.15) is 0 Å². The Balaban J connectivity index is 2.51. The van der Waals surface area contributed by atoms with Crippen LogP contribution in [0.15, 0.2) is 0 Å². The smallest absolute Gasteiger partial charge is 0.0972 e. The quantitative estimate of drug-likeness (QED) is 0.802. The number of hydrogen-bond acceptors (Lipinski definition) is 1. The molecule has 2 atom stereocenters. The van der Waals surface area contributed by atoms with E-state index in [1.807, 2.05) is 20.8 Å². The molecule has 1 fully saturated rings. The average molecular weight is 259 g/mol. The highest BCUT2D eigenvalue weighted by atomic mass is 32.2. The Morgan fingerprint density at radius 2 is 1.76 bits per heavy atom. The zero-order valence-corrected chi connectivity index (χ0v) is 12.9. The molecule has 0 aliphatic heterocycles. The molecule has 1 aliphatic carbocycles. The molecule has 1 saturated carbocycles. The maximum Gasteiger partial charge on any atom is 0.0972 e. The van der Waals surface area contributed by atoms with Crippen molar-refractivity contribution in [3.8, 4) is 0 Å². The first-order valence-electron chi connectivity index (χ1n) is 6.98. The van der Waals surface area contributed by atoms with Gasteiger partial charge in [-0.05, 0) is 39.0 Å². The minimum atomic E-state index is -0.938. The first-order chi connectivity index (χ1) is 7.80. The minimum absolute atomic E-state index is 0.164. The molecule has 0 radical (unpaired) electrons. The standard InChI is InChI=1S/C14H29NOS/c1-11(2)13(10-12-8-6-7-9-12)15-17(16)14(3,4)5/h11-13,15H,6-10H2,1-5H3/t13-,17-/m1/s1. The van der Waals surface area contributed by atoms with Crippen molar-refractivity contribution >= 4 is 11.0 Å². The normalized spacial score (nSPS) is 22.0. The third-order valence-electron chi connectivity index (χ3n) is 3.68. The van der Waals surface area contributed by atoms with Crippen molar-refractivity contribution in [2.24, 2.45) is 11.8 Å². The average Bonchev–Trinajstić information content (AvgIpc) is 2.67. The molecule has 3 heteroatoms. The molecule has 0 aromatic carbocycles. The van der Waals surface area contributed by atoms with Crippen molar-refractivity contribution in [3.05, 3.63) is 0 Å². The van der Waals surface area contributed by atoms with Crippen molar-refractivity contribution in [2.75, 3.05) is 0 Å². The van der Waals surface area contributed by atoms with Crippen molar-refractivity contribution in [2.45, 2.75) is 77.5 Å². The second kappa shape index (κ2) is 6.33. The molecule has 1 rings (SSSR count). The molecule has 0 saturated heterocycles. The van der Waals surface area contributed by atoms with E-state index in [1.165, 1.54) is 32.1 Å². The molecule has 1 N–H and O–H groups in total. The minimum Gasteiger partial charge on any atom is -0.242 e. The van der Waals surface area contributed by atoms with E-state index in [2.05, 4.69) is 18.6 Å². The molecule has 0 heterocycles. The van der Waals surface area contributed by atoms with E-state index in [0.29, 0.717) is 12.0 Å². The summed E-state index contributed by atoms with van der Waals surface area (Å²) in [6.07, 6.45) is 6.70. The summed E-state index contributed by atoms with van der Waals surface area (Å²) in [5, 5.41) is 0. The molecule has 0 amide bonds. The van der Waals surface area contributed by atoms with E-state index < -0.39 is 11.0 Å². The Bertz CT molecular complexity index is 251. The number of nitrogens with one attached hydrogen (secondary N) is 1. The summed E-state index contributed by atoms with van der Waals surface area (Å²) in [5.41, 5.74) is 0. The second-order valence-corrected chi connectivity index (χ2v) is 8.73. The molecular formula is C14H29NOS. The van der Waals surface area contributed by atoms with E-state index in [9.17, 15) is 4.21 Å². The fourth-order valence-electron chi connectivity index (χ4n) is 2.38. The lowest BCUT2D eigenvalue weighted by Gasteiger charge is -2.28. The van der Waals surface area contributed by atoms with Gasteiger partial charge in [-0.3, -0.25) is 0 Å². The number of rotatable bonds is 5. The molecular weight excluding hydrogens is 230 g/mol. The molecule has 0 unspecified atom stereocenters. The summed E-state index contributed by atoms with van der Waals surface area (Å²) in [7, 11) is -0.938. The van der Waals surface area contributed by atoms with Gasteiger partial charge in [-0.25, -0.2) is 8.93 Å². The van der Waals surface area contributed by atoms with Crippen LogP contribution in [0, 0.1) is 11.8 Å². The van der Waals surface area contributed by atoms with Crippen LogP contribution in [0.3, 0.4) is 0 Å².